The van der Waals surface area contributed by atoms with Crippen LogP contribution in [0, 0.1) is 5.82 Å². The van der Waals surface area contributed by atoms with Crippen LogP contribution >= 0.6 is 0 Å². The Hall–Kier alpha value is -2.72. The van der Waals surface area contributed by atoms with Crippen molar-refractivity contribution in [2.45, 2.75) is 6.54 Å². The minimum absolute atomic E-state index is 0.0976. The number of halogens is 1. The number of nitrogens with one attached hydrogen (secondary N) is 1. The van der Waals surface area contributed by atoms with E-state index in [0.717, 1.165) is 11.8 Å². The number of sulfonamides is 1. The lowest BCUT2D eigenvalue weighted by atomic mass is 10.2. The van der Waals surface area contributed by atoms with Crippen LogP contribution in [-0.4, -0.2) is 61.8 Å². The summed E-state index contributed by atoms with van der Waals surface area (Å²) in [6.45, 7) is 3.13. The number of carbonyl (C=O) groups is 1. The number of rotatable bonds is 6. The first kappa shape index (κ1) is 20.0. The van der Waals surface area contributed by atoms with E-state index in [-0.39, 0.29) is 17.1 Å². The van der Waals surface area contributed by atoms with Gasteiger partial charge in [0.1, 0.15) is 5.82 Å². The van der Waals surface area contributed by atoms with Crippen molar-refractivity contribution in [3.8, 4) is 0 Å². The molecule has 3 rings (SSSR count). The number of nitrogens with zero attached hydrogens (tertiary/aromatic N) is 3. The Balaban J connectivity index is 1.73. The second-order valence-corrected chi connectivity index (χ2v) is 8.42. The summed E-state index contributed by atoms with van der Waals surface area (Å²) in [6, 6.07) is 7.73. The standard InChI is InChI=1S/C18H21FN4O4S/c1-28(26,27)21-16-10-14(18(24)25)11-20-17(16)23-7-5-22(6-8-23)12-13-3-2-4-15(19)9-13/h2-4,9-11,21H,5-8,12H2,1H3,(H,24,25). The molecule has 0 amide bonds. The molecule has 2 N–H and O–H groups in total. The van der Waals surface area contributed by atoms with Gasteiger partial charge in [-0.25, -0.2) is 22.6 Å². The fourth-order valence-corrected chi connectivity index (χ4v) is 3.66. The van der Waals surface area contributed by atoms with Crippen LogP contribution < -0.4 is 9.62 Å². The molecule has 1 aromatic heterocycles. The van der Waals surface area contributed by atoms with Gasteiger partial charge in [-0.05, 0) is 23.8 Å². The van der Waals surface area contributed by atoms with Crippen molar-refractivity contribution in [2.75, 3.05) is 42.1 Å². The maximum Gasteiger partial charge on any atom is 0.337 e. The van der Waals surface area contributed by atoms with Gasteiger partial charge in [0.15, 0.2) is 5.82 Å². The van der Waals surface area contributed by atoms with E-state index < -0.39 is 16.0 Å². The summed E-state index contributed by atoms with van der Waals surface area (Å²) in [4.78, 5) is 19.4. The molecule has 0 aliphatic carbocycles. The highest BCUT2D eigenvalue weighted by Crippen LogP contribution is 2.26. The van der Waals surface area contributed by atoms with E-state index in [1.807, 2.05) is 11.0 Å². The predicted molar refractivity (Wildman–Crippen MR) is 104 cm³/mol. The van der Waals surface area contributed by atoms with Crippen LogP contribution in [0.15, 0.2) is 36.5 Å². The number of aromatic nitrogens is 1. The second-order valence-electron chi connectivity index (χ2n) is 6.67. The van der Waals surface area contributed by atoms with Crippen molar-refractivity contribution in [1.82, 2.24) is 9.88 Å². The van der Waals surface area contributed by atoms with E-state index in [0.29, 0.717) is 38.5 Å². The van der Waals surface area contributed by atoms with Gasteiger partial charge in [-0.2, -0.15) is 0 Å². The third kappa shape index (κ3) is 5.17. The molecule has 0 atom stereocenters. The number of hydrogen-bond acceptors (Lipinski definition) is 6. The Labute approximate surface area is 162 Å². The summed E-state index contributed by atoms with van der Waals surface area (Å²) < 4.78 is 39.0. The van der Waals surface area contributed by atoms with Crippen LogP contribution in [0.3, 0.4) is 0 Å². The maximum atomic E-state index is 13.3. The van der Waals surface area contributed by atoms with E-state index in [9.17, 15) is 17.6 Å². The Kier molecular flexibility index (Phi) is 5.80. The number of anilines is 2. The van der Waals surface area contributed by atoms with E-state index in [1.54, 1.807) is 6.07 Å². The molecule has 150 valence electrons. The molecule has 2 heterocycles. The van der Waals surface area contributed by atoms with E-state index in [4.69, 9.17) is 5.11 Å². The zero-order chi connectivity index (χ0) is 20.3. The zero-order valence-electron chi connectivity index (χ0n) is 15.3. The van der Waals surface area contributed by atoms with Crippen molar-refractivity contribution in [3.05, 3.63) is 53.5 Å². The van der Waals surface area contributed by atoms with Gasteiger partial charge in [0.05, 0.1) is 17.5 Å². The zero-order valence-corrected chi connectivity index (χ0v) is 16.1. The highest BCUT2D eigenvalue weighted by Gasteiger charge is 2.22. The first-order valence-corrected chi connectivity index (χ1v) is 10.5. The van der Waals surface area contributed by atoms with Gasteiger partial charge in [0.2, 0.25) is 10.0 Å². The van der Waals surface area contributed by atoms with Crippen LogP contribution in [0.25, 0.3) is 0 Å². The van der Waals surface area contributed by atoms with Gasteiger partial charge in [-0.15, -0.1) is 0 Å². The van der Waals surface area contributed by atoms with Crippen molar-refractivity contribution in [3.63, 3.8) is 0 Å². The number of aromatic carboxylic acids is 1. The fourth-order valence-electron chi connectivity index (χ4n) is 3.11. The lowest BCUT2D eigenvalue weighted by Gasteiger charge is -2.36. The molecule has 8 nitrogen and oxygen atoms in total. The van der Waals surface area contributed by atoms with Gasteiger partial charge < -0.3 is 10.0 Å². The number of pyridine rings is 1. The predicted octanol–water partition coefficient (Wildman–Crippen LogP) is 1.61. The Bertz CT molecular complexity index is 975. The Morgan fingerprint density at radius 1 is 1.25 bits per heavy atom. The fraction of sp³-hybridized carbons (Fsp3) is 0.333. The molecule has 2 aromatic rings. The molecular formula is C18H21FN4O4S. The van der Waals surface area contributed by atoms with Gasteiger partial charge >= 0.3 is 5.97 Å². The molecule has 0 saturated carbocycles. The second kappa shape index (κ2) is 8.11. The van der Waals surface area contributed by atoms with Crippen molar-refractivity contribution >= 4 is 27.5 Å². The molecule has 1 fully saturated rings. The van der Waals surface area contributed by atoms with Crippen LogP contribution in [0.2, 0.25) is 0 Å². The van der Waals surface area contributed by atoms with Crippen molar-refractivity contribution in [1.29, 1.82) is 0 Å². The highest BCUT2D eigenvalue weighted by atomic mass is 32.2. The van der Waals surface area contributed by atoms with Crippen molar-refractivity contribution < 1.29 is 22.7 Å². The van der Waals surface area contributed by atoms with E-state index in [2.05, 4.69) is 14.6 Å². The van der Waals surface area contributed by atoms with Gasteiger partial charge in [-0.3, -0.25) is 9.62 Å². The third-order valence-electron chi connectivity index (χ3n) is 4.38. The summed E-state index contributed by atoms with van der Waals surface area (Å²) in [5.41, 5.74) is 0.928. The number of hydrogen-bond donors (Lipinski definition) is 2. The summed E-state index contributed by atoms with van der Waals surface area (Å²) in [5, 5.41) is 9.14. The molecule has 10 heteroatoms. The number of carboxylic acids is 1. The van der Waals surface area contributed by atoms with Crippen molar-refractivity contribution in [2.24, 2.45) is 0 Å². The molecular weight excluding hydrogens is 387 g/mol. The summed E-state index contributed by atoms with van der Waals surface area (Å²) >= 11 is 0. The molecule has 0 spiro atoms. The number of carboxylic acid groups (broad SMARTS) is 1. The lowest BCUT2D eigenvalue weighted by Crippen LogP contribution is -2.46. The van der Waals surface area contributed by atoms with Crippen LogP contribution in [-0.2, 0) is 16.6 Å². The first-order chi connectivity index (χ1) is 13.2. The lowest BCUT2D eigenvalue weighted by molar-refractivity contribution is 0.0696. The molecule has 0 unspecified atom stereocenters. The van der Waals surface area contributed by atoms with E-state index in [1.165, 1.54) is 24.4 Å². The summed E-state index contributed by atoms with van der Waals surface area (Å²) in [5.74, 6) is -1.06. The minimum Gasteiger partial charge on any atom is -0.478 e. The number of piperazine rings is 1. The SMILES string of the molecule is CS(=O)(=O)Nc1cc(C(=O)O)cnc1N1CCN(Cc2cccc(F)c2)CC1. The molecule has 1 aliphatic heterocycles. The van der Waals surface area contributed by atoms with Gasteiger partial charge in [0.25, 0.3) is 0 Å². The maximum absolute atomic E-state index is 13.3. The molecule has 0 radical (unpaired) electrons. The molecule has 1 aromatic carbocycles. The average molecular weight is 408 g/mol. The minimum atomic E-state index is -3.59. The normalized spacial score (nSPS) is 15.4. The van der Waals surface area contributed by atoms with Crippen LogP contribution in [0.4, 0.5) is 15.9 Å². The third-order valence-corrected chi connectivity index (χ3v) is 4.97. The molecule has 0 bridgehead atoms. The molecule has 1 aliphatic rings. The van der Waals surface area contributed by atoms with Gasteiger partial charge in [0, 0.05) is 38.9 Å². The monoisotopic (exact) mass is 408 g/mol. The van der Waals surface area contributed by atoms with Crippen LogP contribution in [0.5, 0.6) is 0 Å². The molecule has 28 heavy (non-hydrogen) atoms. The topological polar surface area (TPSA) is 103 Å². The average Bonchev–Trinajstić information content (AvgIpc) is 2.61. The van der Waals surface area contributed by atoms with Gasteiger partial charge in [-0.1, -0.05) is 12.1 Å². The van der Waals surface area contributed by atoms with Crippen LogP contribution in [0.1, 0.15) is 15.9 Å². The summed E-state index contributed by atoms with van der Waals surface area (Å²) in [6.07, 6.45) is 2.21. The Morgan fingerprint density at radius 2 is 1.96 bits per heavy atom. The smallest absolute Gasteiger partial charge is 0.337 e. The largest absolute Gasteiger partial charge is 0.478 e. The first-order valence-electron chi connectivity index (χ1n) is 8.64. The quantitative estimate of drug-likeness (QED) is 0.749. The highest BCUT2D eigenvalue weighted by molar-refractivity contribution is 7.92. The van der Waals surface area contributed by atoms with E-state index >= 15 is 0 Å². The molecule has 1 saturated heterocycles. The summed E-state index contributed by atoms with van der Waals surface area (Å²) in [7, 11) is -3.59. The Morgan fingerprint density at radius 3 is 2.57 bits per heavy atom. The number of benzene rings is 1.